The summed E-state index contributed by atoms with van der Waals surface area (Å²) in [5.41, 5.74) is 1.06. The maximum atomic E-state index is 12.2. The van der Waals surface area contributed by atoms with Crippen LogP contribution in [0, 0.1) is 0 Å². The Morgan fingerprint density at radius 1 is 1.33 bits per heavy atom. The monoisotopic (exact) mass is 292 g/mol. The lowest BCUT2D eigenvalue weighted by Gasteiger charge is -2.21. The van der Waals surface area contributed by atoms with Crippen molar-refractivity contribution in [2.24, 2.45) is 0 Å². The highest BCUT2D eigenvalue weighted by molar-refractivity contribution is 5.78. The van der Waals surface area contributed by atoms with Crippen LogP contribution < -0.4 is 10.1 Å². The number of amides is 1. The Morgan fingerprint density at radius 3 is 2.62 bits per heavy atom. The predicted molar refractivity (Wildman–Crippen MR) is 83.4 cm³/mol. The number of hydrogen-bond donors (Lipinski definition) is 1. The molecular formula is C16H24N2O3. The highest BCUT2D eigenvalue weighted by Gasteiger charge is 2.12. The van der Waals surface area contributed by atoms with Crippen molar-refractivity contribution in [2.75, 3.05) is 40.5 Å². The zero-order valence-corrected chi connectivity index (χ0v) is 12.8. The highest BCUT2D eigenvalue weighted by atomic mass is 16.5. The molecule has 1 amide bonds. The Morgan fingerprint density at radius 2 is 2.05 bits per heavy atom. The summed E-state index contributed by atoms with van der Waals surface area (Å²) in [6.07, 6.45) is 1.73. The lowest BCUT2D eigenvalue weighted by atomic mass is 10.2. The fourth-order valence-electron chi connectivity index (χ4n) is 1.84. The molecule has 0 aliphatic carbocycles. The zero-order chi connectivity index (χ0) is 15.5. The minimum absolute atomic E-state index is 0.0434. The molecule has 116 valence electrons. The van der Waals surface area contributed by atoms with Crippen molar-refractivity contribution in [2.45, 2.75) is 6.54 Å². The van der Waals surface area contributed by atoms with E-state index in [-0.39, 0.29) is 5.91 Å². The van der Waals surface area contributed by atoms with Crippen molar-refractivity contribution >= 4 is 5.91 Å². The van der Waals surface area contributed by atoms with Crippen LogP contribution in [0.3, 0.4) is 0 Å². The molecule has 0 aromatic heterocycles. The van der Waals surface area contributed by atoms with Gasteiger partial charge in [0.1, 0.15) is 5.75 Å². The molecule has 0 saturated heterocycles. The Hall–Kier alpha value is -1.85. The Bertz CT molecular complexity index is 432. The van der Waals surface area contributed by atoms with Gasteiger partial charge >= 0.3 is 0 Å². The third-order valence-corrected chi connectivity index (χ3v) is 2.99. The van der Waals surface area contributed by atoms with Gasteiger partial charge in [0.2, 0.25) is 5.91 Å². The molecule has 0 aliphatic heterocycles. The van der Waals surface area contributed by atoms with E-state index in [1.165, 1.54) is 0 Å². The van der Waals surface area contributed by atoms with Crippen LogP contribution in [0.4, 0.5) is 0 Å². The van der Waals surface area contributed by atoms with Gasteiger partial charge in [-0.1, -0.05) is 18.2 Å². The zero-order valence-electron chi connectivity index (χ0n) is 12.8. The molecule has 0 saturated carbocycles. The van der Waals surface area contributed by atoms with E-state index in [2.05, 4.69) is 11.9 Å². The number of methoxy groups -OCH3 is 2. The number of rotatable bonds is 10. The molecule has 0 unspecified atom stereocenters. The Kier molecular flexibility index (Phi) is 8.16. The number of carbonyl (C=O) groups is 1. The van der Waals surface area contributed by atoms with Gasteiger partial charge in [-0.2, -0.15) is 0 Å². The van der Waals surface area contributed by atoms with Gasteiger partial charge in [0.25, 0.3) is 0 Å². The molecular weight excluding hydrogens is 268 g/mol. The topological polar surface area (TPSA) is 50.8 Å². The molecule has 0 bridgehead atoms. The van der Waals surface area contributed by atoms with Crippen LogP contribution >= 0.6 is 0 Å². The number of nitrogens with zero attached hydrogens (tertiary/aromatic N) is 1. The third-order valence-electron chi connectivity index (χ3n) is 2.99. The minimum atomic E-state index is 0.0434. The first-order chi connectivity index (χ1) is 10.2. The van der Waals surface area contributed by atoms with Crippen LogP contribution in [0.1, 0.15) is 5.56 Å². The molecule has 5 heteroatoms. The van der Waals surface area contributed by atoms with Gasteiger partial charge in [-0.3, -0.25) is 4.79 Å². The molecule has 0 aliphatic rings. The second-order valence-electron chi connectivity index (χ2n) is 4.58. The van der Waals surface area contributed by atoms with Gasteiger partial charge in [0.05, 0.1) is 20.3 Å². The number of carbonyl (C=O) groups excluding carboxylic acids is 1. The van der Waals surface area contributed by atoms with E-state index in [0.717, 1.165) is 11.3 Å². The van der Waals surface area contributed by atoms with Gasteiger partial charge in [-0.25, -0.2) is 0 Å². The number of hydrogen-bond acceptors (Lipinski definition) is 4. The van der Waals surface area contributed by atoms with Crippen LogP contribution in [0.2, 0.25) is 0 Å². The van der Waals surface area contributed by atoms with E-state index in [0.29, 0.717) is 32.8 Å². The standard InChI is InChI=1S/C16H24N2O3/c1-4-10-18(16(19)12-17-9-11-20-2)13-14-5-7-15(21-3)8-6-14/h4-8,17H,1,9-13H2,2-3H3. The average molecular weight is 292 g/mol. The molecule has 0 heterocycles. The molecule has 21 heavy (non-hydrogen) atoms. The van der Waals surface area contributed by atoms with E-state index in [1.54, 1.807) is 25.2 Å². The quantitative estimate of drug-likeness (QED) is 0.524. The summed E-state index contributed by atoms with van der Waals surface area (Å²) in [5, 5.41) is 3.06. The third kappa shape index (κ3) is 6.42. The second-order valence-corrected chi connectivity index (χ2v) is 4.58. The lowest BCUT2D eigenvalue weighted by Crippen LogP contribution is -2.38. The summed E-state index contributed by atoms with van der Waals surface area (Å²) < 4.78 is 10.1. The summed E-state index contributed by atoms with van der Waals surface area (Å²) in [4.78, 5) is 13.9. The first-order valence-corrected chi connectivity index (χ1v) is 6.92. The van der Waals surface area contributed by atoms with Gasteiger partial charge < -0.3 is 19.7 Å². The van der Waals surface area contributed by atoms with Gasteiger partial charge in [-0.05, 0) is 17.7 Å². The summed E-state index contributed by atoms with van der Waals surface area (Å²) in [7, 11) is 3.27. The predicted octanol–water partition coefficient (Wildman–Crippen LogP) is 1.45. The first kappa shape index (κ1) is 17.2. The van der Waals surface area contributed by atoms with Crippen LogP contribution in [0.25, 0.3) is 0 Å². The number of ether oxygens (including phenoxy) is 2. The highest BCUT2D eigenvalue weighted by Crippen LogP contribution is 2.13. The molecule has 0 radical (unpaired) electrons. The smallest absolute Gasteiger partial charge is 0.237 e. The first-order valence-electron chi connectivity index (χ1n) is 6.92. The van der Waals surface area contributed by atoms with E-state index in [9.17, 15) is 4.79 Å². The van der Waals surface area contributed by atoms with Crippen molar-refractivity contribution in [3.63, 3.8) is 0 Å². The lowest BCUT2D eigenvalue weighted by molar-refractivity contribution is -0.130. The number of nitrogens with one attached hydrogen (secondary N) is 1. The molecule has 1 N–H and O–H groups in total. The summed E-state index contributed by atoms with van der Waals surface area (Å²) in [5.74, 6) is 0.850. The number of benzene rings is 1. The van der Waals surface area contributed by atoms with Crippen molar-refractivity contribution < 1.29 is 14.3 Å². The van der Waals surface area contributed by atoms with Crippen molar-refractivity contribution in [1.82, 2.24) is 10.2 Å². The fraction of sp³-hybridized carbons (Fsp3) is 0.438. The summed E-state index contributed by atoms with van der Waals surface area (Å²) >= 11 is 0. The maximum absolute atomic E-state index is 12.2. The van der Waals surface area contributed by atoms with Gasteiger partial charge in [0, 0.05) is 26.7 Å². The largest absolute Gasteiger partial charge is 0.497 e. The summed E-state index contributed by atoms with van der Waals surface area (Å²) in [6.45, 7) is 6.34. The van der Waals surface area contributed by atoms with Crippen molar-refractivity contribution in [3.8, 4) is 5.75 Å². The molecule has 0 fully saturated rings. The van der Waals surface area contributed by atoms with E-state index < -0.39 is 0 Å². The van der Waals surface area contributed by atoms with E-state index >= 15 is 0 Å². The van der Waals surface area contributed by atoms with Crippen LogP contribution in [0.15, 0.2) is 36.9 Å². The van der Waals surface area contributed by atoms with E-state index in [4.69, 9.17) is 9.47 Å². The second kappa shape index (κ2) is 9.96. The molecule has 5 nitrogen and oxygen atoms in total. The van der Waals surface area contributed by atoms with E-state index in [1.807, 2.05) is 24.3 Å². The normalized spacial score (nSPS) is 10.2. The maximum Gasteiger partial charge on any atom is 0.237 e. The molecule has 1 rings (SSSR count). The molecule has 0 spiro atoms. The average Bonchev–Trinajstić information content (AvgIpc) is 2.51. The van der Waals surface area contributed by atoms with Crippen molar-refractivity contribution in [3.05, 3.63) is 42.5 Å². The van der Waals surface area contributed by atoms with Gasteiger partial charge in [-0.15, -0.1) is 6.58 Å². The van der Waals surface area contributed by atoms with Crippen molar-refractivity contribution in [1.29, 1.82) is 0 Å². The van der Waals surface area contributed by atoms with Crippen LogP contribution in [-0.4, -0.2) is 51.3 Å². The summed E-state index contributed by atoms with van der Waals surface area (Å²) in [6, 6.07) is 7.70. The minimum Gasteiger partial charge on any atom is -0.497 e. The Labute approximate surface area is 126 Å². The SMILES string of the molecule is C=CCN(Cc1ccc(OC)cc1)C(=O)CNCCOC. The molecule has 0 atom stereocenters. The Balaban J connectivity index is 2.54. The van der Waals surface area contributed by atoms with Crippen LogP contribution in [0.5, 0.6) is 5.75 Å². The fourth-order valence-corrected chi connectivity index (χ4v) is 1.84. The molecule has 1 aromatic rings. The van der Waals surface area contributed by atoms with Gasteiger partial charge in [0.15, 0.2) is 0 Å². The molecule has 1 aromatic carbocycles. The van der Waals surface area contributed by atoms with Crippen LogP contribution in [-0.2, 0) is 16.1 Å².